The minimum absolute atomic E-state index is 0.0504. The second-order valence-corrected chi connectivity index (χ2v) is 8.54. The van der Waals surface area contributed by atoms with Gasteiger partial charge in [-0.3, -0.25) is 9.59 Å². The first-order chi connectivity index (χ1) is 13.7. The summed E-state index contributed by atoms with van der Waals surface area (Å²) in [6.07, 6.45) is 1.02. The van der Waals surface area contributed by atoms with E-state index in [1.807, 2.05) is 19.1 Å². The molecule has 0 unspecified atom stereocenters. The molecule has 0 spiro atoms. The van der Waals surface area contributed by atoms with E-state index in [9.17, 15) is 18.0 Å². The normalized spacial score (nSPS) is 12.2. The zero-order chi connectivity index (χ0) is 21.4. The van der Waals surface area contributed by atoms with E-state index >= 15 is 0 Å². The molecule has 0 heterocycles. The summed E-state index contributed by atoms with van der Waals surface area (Å²) in [5, 5.41) is 2.63. The second kappa shape index (κ2) is 10.2. The summed E-state index contributed by atoms with van der Waals surface area (Å²) in [6, 6.07) is 13.7. The molecule has 2 N–H and O–H groups in total. The Hall–Kier alpha value is -2.71. The van der Waals surface area contributed by atoms with E-state index in [4.69, 9.17) is 4.74 Å². The number of hydrogen-bond donors (Lipinski definition) is 2. The number of anilines is 1. The summed E-state index contributed by atoms with van der Waals surface area (Å²) in [5.74, 6) is -0.914. The van der Waals surface area contributed by atoms with Crippen molar-refractivity contribution in [1.82, 2.24) is 4.72 Å². The third kappa shape index (κ3) is 6.99. The molecule has 7 nitrogen and oxygen atoms in total. The van der Waals surface area contributed by atoms with Gasteiger partial charge in [-0.2, -0.15) is 4.72 Å². The van der Waals surface area contributed by atoms with Crippen LogP contribution in [-0.4, -0.2) is 33.4 Å². The molecule has 0 aromatic heterocycles. The maximum absolute atomic E-state index is 12.1. The Morgan fingerprint density at radius 3 is 2.24 bits per heavy atom. The molecule has 0 aliphatic carbocycles. The fourth-order valence-electron chi connectivity index (χ4n) is 2.48. The number of benzene rings is 2. The van der Waals surface area contributed by atoms with Gasteiger partial charge in [0.05, 0.1) is 4.90 Å². The number of amides is 1. The quantitative estimate of drug-likeness (QED) is 0.610. The van der Waals surface area contributed by atoms with Gasteiger partial charge in [0.2, 0.25) is 10.0 Å². The zero-order valence-corrected chi connectivity index (χ0v) is 17.6. The molecule has 0 fully saturated rings. The van der Waals surface area contributed by atoms with Crippen molar-refractivity contribution in [2.24, 2.45) is 0 Å². The predicted molar refractivity (Wildman–Crippen MR) is 111 cm³/mol. The maximum Gasteiger partial charge on any atom is 0.321 e. The largest absolute Gasteiger partial charge is 0.455 e. The van der Waals surface area contributed by atoms with Crippen LogP contribution in [-0.2, 0) is 24.3 Å². The molecule has 2 rings (SSSR count). The Bertz CT molecular complexity index is 938. The van der Waals surface area contributed by atoms with Crippen LogP contribution in [0.1, 0.15) is 37.3 Å². The van der Waals surface area contributed by atoms with E-state index in [1.165, 1.54) is 17.7 Å². The topological polar surface area (TPSA) is 102 Å². The highest BCUT2D eigenvalue weighted by molar-refractivity contribution is 7.89. The lowest BCUT2D eigenvalue weighted by Gasteiger charge is -2.11. The number of hydrogen-bond acceptors (Lipinski definition) is 5. The molecular formula is C21H26N2O5S. The molecule has 1 amide bonds. The fourth-order valence-corrected chi connectivity index (χ4v) is 3.45. The van der Waals surface area contributed by atoms with E-state index < -0.39 is 35.1 Å². The van der Waals surface area contributed by atoms with Crippen LogP contribution in [0, 0.1) is 6.92 Å². The molecule has 0 aliphatic heterocycles. The highest BCUT2D eigenvalue weighted by Crippen LogP contribution is 2.20. The SMILES string of the molecule is CC[C@H](C)c1ccc(NC(=O)COC(=O)CNS(=O)(=O)c2ccc(C)cc2)cc1. The van der Waals surface area contributed by atoms with Crippen molar-refractivity contribution in [3.05, 3.63) is 59.7 Å². The van der Waals surface area contributed by atoms with E-state index in [0.717, 1.165) is 12.0 Å². The second-order valence-electron chi connectivity index (χ2n) is 6.78. The van der Waals surface area contributed by atoms with Crippen molar-refractivity contribution in [2.75, 3.05) is 18.5 Å². The third-order valence-electron chi connectivity index (χ3n) is 4.48. The highest BCUT2D eigenvalue weighted by atomic mass is 32.2. The Morgan fingerprint density at radius 1 is 1.03 bits per heavy atom. The number of carbonyl (C=O) groups excluding carboxylic acids is 2. The molecule has 8 heteroatoms. The summed E-state index contributed by atoms with van der Waals surface area (Å²) >= 11 is 0. The molecule has 0 radical (unpaired) electrons. The molecule has 0 saturated carbocycles. The van der Waals surface area contributed by atoms with Gasteiger partial charge in [0.25, 0.3) is 5.91 Å². The maximum atomic E-state index is 12.1. The molecule has 2 aromatic carbocycles. The minimum Gasteiger partial charge on any atom is -0.455 e. The van der Waals surface area contributed by atoms with Gasteiger partial charge in [0, 0.05) is 5.69 Å². The van der Waals surface area contributed by atoms with E-state index in [0.29, 0.717) is 11.6 Å². The van der Waals surface area contributed by atoms with Crippen LogP contribution in [0.3, 0.4) is 0 Å². The van der Waals surface area contributed by atoms with Crippen molar-refractivity contribution >= 4 is 27.6 Å². The summed E-state index contributed by atoms with van der Waals surface area (Å²) in [4.78, 5) is 23.7. The molecule has 29 heavy (non-hydrogen) atoms. The number of aryl methyl sites for hydroxylation is 1. The van der Waals surface area contributed by atoms with Crippen LogP contribution in [0.25, 0.3) is 0 Å². The van der Waals surface area contributed by atoms with Gasteiger partial charge in [0.1, 0.15) is 6.54 Å². The van der Waals surface area contributed by atoms with E-state index in [-0.39, 0.29) is 4.90 Å². The molecule has 0 aliphatic rings. The Kier molecular flexibility index (Phi) is 7.92. The summed E-state index contributed by atoms with van der Waals surface area (Å²) in [7, 11) is -3.82. The highest BCUT2D eigenvalue weighted by Gasteiger charge is 2.16. The monoisotopic (exact) mass is 418 g/mol. The Balaban J connectivity index is 1.78. The zero-order valence-electron chi connectivity index (χ0n) is 16.8. The van der Waals surface area contributed by atoms with Crippen molar-refractivity contribution in [1.29, 1.82) is 0 Å². The van der Waals surface area contributed by atoms with Gasteiger partial charge in [-0.25, -0.2) is 8.42 Å². The van der Waals surface area contributed by atoms with Crippen molar-refractivity contribution in [2.45, 2.75) is 38.0 Å². The van der Waals surface area contributed by atoms with Gasteiger partial charge in [0.15, 0.2) is 6.61 Å². The average molecular weight is 419 g/mol. The number of esters is 1. The molecule has 156 valence electrons. The van der Waals surface area contributed by atoms with Crippen molar-refractivity contribution in [3.8, 4) is 0 Å². The van der Waals surface area contributed by atoms with Gasteiger partial charge >= 0.3 is 5.97 Å². The Labute approximate surface area is 171 Å². The number of carbonyl (C=O) groups is 2. The van der Waals surface area contributed by atoms with Crippen LogP contribution in [0.5, 0.6) is 0 Å². The number of sulfonamides is 1. The number of nitrogens with one attached hydrogen (secondary N) is 2. The predicted octanol–water partition coefficient (Wildman–Crippen LogP) is 2.97. The minimum atomic E-state index is -3.82. The fraction of sp³-hybridized carbons (Fsp3) is 0.333. The third-order valence-corrected chi connectivity index (χ3v) is 5.90. The lowest BCUT2D eigenvalue weighted by atomic mass is 9.99. The Morgan fingerprint density at radius 2 is 1.66 bits per heavy atom. The van der Waals surface area contributed by atoms with Crippen molar-refractivity contribution < 1.29 is 22.7 Å². The lowest BCUT2D eigenvalue weighted by Crippen LogP contribution is -2.32. The molecular weight excluding hydrogens is 392 g/mol. The summed E-state index contributed by atoms with van der Waals surface area (Å²) < 4.78 is 31.2. The van der Waals surface area contributed by atoms with E-state index in [2.05, 4.69) is 23.9 Å². The summed E-state index contributed by atoms with van der Waals surface area (Å²) in [6.45, 7) is 5.01. The van der Waals surface area contributed by atoms with Gasteiger partial charge in [-0.15, -0.1) is 0 Å². The lowest BCUT2D eigenvalue weighted by molar-refractivity contribution is -0.146. The molecule has 0 saturated heterocycles. The molecule has 0 bridgehead atoms. The first-order valence-corrected chi connectivity index (χ1v) is 10.8. The average Bonchev–Trinajstić information content (AvgIpc) is 2.71. The number of ether oxygens (including phenoxy) is 1. The van der Waals surface area contributed by atoms with Crippen LogP contribution in [0.2, 0.25) is 0 Å². The van der Waals surface area contributed by atoms with Crippen molar-refractivity contribution in [3.63, 3.8) is 0 Å². The molecule has 1 atom stereocenters. The number of rotatable bonds is 9. The van der Waals surface area contributed by atoms with Gasteiger partial charge in [-0.05, 0) is 49.1 Å². The first kappa shape index (κ1) is 22.6. The van der Waals surface area contributed by atoms with Gasteiger partial charge in [-0.1, -0.05) is 43.7 Å². The van der Waals surface area contributed by atoms with Gasteiger partial charge < -0.3 is 10.1 Å². The summed E-state index contributed by atoms with van der Waals surface area (Å²) in [5.41, 5.74) is 2.69. The first-order valence-electron chi connectivity index (χ1n) is 9.33. The van der Waals surface area contributed by atoms with Crippen LogP contribution >= 0.6 is 0 Å². The van der Waals surface area contributed by atoms with Crippen LogP contribution in [0.15, 0.2) is 53.4 Å². The van der Waals surface area contributed by atoms with E-state index in [1.54, 1.807) is 24.3 Å². The molecule has 2 aromatic rings. The standard InChI is InChI=1S/C21H26N2O5S/c1-4-16(3)17-7-9-18(10-8-17)23-20(24)14-28-21(25)13-22-29(26,27)19-11-5-15(2)6-12-19/h5-12,16,22H,4,13-14H2,1-3H3,(H,23,24)/t16-/m0/s1. The van der Waals surface area contributed by atoms with Crippen LogP contribution < -0.4 is 10.0 Å². The van der Waals surface area contributed by atoms with Crippen LogP contribution in [0.4, 0.5) is 5.69 Å². The smallest absolute Gasteiger partial charge is 0.321 e.